The van der Waals surface area contributed by atoms with E-state index in [1.165, 1.54) is 82.7 Å². The Morgan fingerprint density at radius 3 is 1.67 bits per heavy atom. The van der Waals surface area contributed by atoms with E-state index in [1.807, 2.05) is 0 Å². The topological polar surface area (TPSA) is 6.48 Å². The summed E-state index contributed by atoms with van der Waals surface area (Å²) in [7, 11) is 0. The van der Waals surface area contributed by atoms with Gasteiger partial charge in [0.1, 0.15) is 0 Å². The maximum absolute atomic E-state index is 4.51. The summed E-state index contributed by atoms with van der Waals surface area (Å²) in [4.78, 5) is 4.86. The summed E-state index contributed by atoms with van der Waals surface area (Å²) in [6, 6.07) is 80.9. The fourth-order valence-electron chi connectivity index (χ4n) is 11.4. The maximum atomic E-state index is 4.51. The number of nitrogens with zero attached hydrogens (tertiary/aromatic N) is 2. The molecule has 1 aliphatic heterocycles. The van der Waals surface area contributed by atoms with E-state index < -0.39 is 5.41 Å². The lowest BCUT2D eigenvalue weighted by atomic mass is 9.70. The highest BCUT2D eigenvalue weighted by Crippen LogP contribution is 2.63. The molecule has 2 nitrogen and oxygen atoms in total. The number of benzene rings is 10. The second kappa shape index (κ2) is 15.1. The van der Waals surface area contributed by atoms with Crippen molar-refractivity contribution in [2.75, 3.05) is 16.3 Å². The molecule has 0 unspecified atom stereocenters. The van der Waals surface area contributed by atoms with Crippen LogP contribution in [0.2, 0.25) is 0 Å². The number of allylic oxidation sites excluding steroid dienone is 4. The van der Waals surface area contributed by atoms with E-state index in [4.69, 9.17) is 0 Å². The maximum Gasteiger partial charge on any atom is 0.0726 e. The monoisotopic (exact) mass is 840 g/mol. The first-order valence-corrected chi connectivity index (χ1v) is 22.9. The Balaban J connectivity index is 0.921. The van der Waals surface area contributed by atoms with Crippen molar-refractivity contribution in [1.29, 1.82) is 0 Å². The number of fused-ring (bicyclic) bond motifs is 14. The van der Waals surface area contributed by atoms with E-state index in [1.54, 1.807) is 0 Å². The normalized spacial score (nSPS) is 15.0. The molecule has 0 saturated carbocycles. The van der Waals surface area contributed by atoms with E-state index in [2.05, 4.69) is 259 Å². The first-order valence-electron chi connectivity index (χ1n) is 22.9. The van der Waals surface area contributed by atoms with Crippen LogP contribution in [0.1, 0.15) is 27.8 Å². The van der Waals surface area contributed by atoms with Crippen LogP contribution >= 0.6 is 0 Å². The molecule has 3 aliphatic rings. The molecule has 0 amide bonds. The van der Waals surface area contributed by atoms with E-state index in [0.717, 1.165) is 40.6 Å². The lowest BCUT2D eigenvalue weighted by molar-refractivity contribution is 0.793. The molecule has 0 saturated heterocycles. The van der Waals surface area contributed by atoms with Crippen molar-refractivity contribution >= 4 is 55.6 Å². The quantitative estimate of drug-likeness (QED) is 0.170. The molecule has 310 valence electrons. The van der Waals surface area contributed by atoms with Gasteiger partial charge in [0.05, 0.1) is 11.1 Å². The lowest BCUT2D eigenvalue weighted by Crippen LogP contribution is -2.26. The van der Waals surface area contributed by atoms with Crippen LogP contribution in [0, 0.1) is 0 Å². The first kappa shape index (κ1) is 38.0. The van der Waals surface area contributed by atoms with Crippen molar-refractivity contribution in [3.8, 4) is 33.4 Å². The minimum absolute atomic E-state index is 0.432. The van der Waals surface area contributed by atoms with Gasteiger partial charge in [-0.15, -0.1) is 0 Å². The molecular formula is C64H44N2. The first-order chi connectivity index (χ1) is 32.7. The Morgan fingerprint density at radius 2 is 0.985 bits per heavy atom. The third kappa shape index (κ3) is 5.68. The molecule has 1 spiro atoms. The molecule has 0 atom stereocenters. The molecule has 0 bridgehead atoms. The van der Waals surface area contributed by atoms with Crippen LogP contribution < -0.4 is 9.80 Å². The summed E-state index contributed by atoms with van der Waals surface area (Å²) in [5.41, 5.74) is 20.3. The van der Waals surface area contributed by atoms with E-state index in [-0.39, 0.29) is 0 Å². The van der Waals surface area contributed by atoms with Gasteiger partial charge in [-0.1, -0.05) is 201 Å². The summed E-state index contributed by atoms with van der Waals surface area (Å²) in [5.74, 6) is 0. The van der Waals surface area contributed by atoms with Crippen molar-refractivity contribution in [2.24, 2.45) is 0 Å². The van der Waals surface area contributed by atoms with Crippen LogP contribution in [-0.4, -0.2) is 6.54 Å². The van der Waals surface area contributed by atoms with Crippen molar-refractivity contribution in [1.82, 2.24) is 0 Å². The Morgan fingerprint density at radius 1 is 0.439 bits per heavy atom. The standard InChI is InChI=1S/C64H44N2/c1-43-16-3-2-14-41-65(62-40-33-47-18-5-7-21-52(47)63(43)62)48-34-29-44(30-35-48)45-31-36-49(37-32-45)66(61-28-15-19-46-17-4-6-20-51(46)61)50-38-39-56-55-24-10-13-27-59(55)64(60(56)42-50)57-25-11-8-22-53(57)54-23-9-12-26-58(54)64/h2-40,42H,1,41H2/b14-2-,16-3-. The van der Waals surface area contributed by atoms with Crippen LogP contribution in [0.15, 0.2) is 249 Å². The number of hydrogen-bond donors (Lipinski definition) is 0. The van der Waals surface area contributed by atoms with Gasteiger partial charge in [-0.25, -0.2) is 0 Å². The molecule has 0 aromatic heterocycles. The molecule has 66 heavy (non-hydrogen) atoms. The van der Waals surface area contributed by atoms with Gasteiger partial charge in [-0.2, -0.15) is 0 Å². The number of anilines is 5. The minimum Gasteiger partial charge on any atom is -0.337 e. The Bertz CT molecular complexity index is 3580. The van der Waals surface area contributed by atoms with Gasteiger partial charge in [-0.05, 0) is 126 Å². The second-order valence-electron chi connectivity index (χ2n) is 17.6. The Hall–Kier alpha value is -8.46. The van der Waals surface area contributed by atoms with Crippen molar-refractivity contribution in [2.45, 2.75) is 5.41 Å². The average Bonchev–Trinajstić information content (AvgIpc) is 3.87. The summed E-state index contributed by atoms with van der Waals surface area (Å²) < 4.78 is 0. The van der Waals surface area contributed by atoms with Gasteiger partial charge in [0.15, 0.2) is 0 Å². The molecule has 0 N–H and O–H groups in total. The molecule has 2 heteroatoms. The van der Waals surface area contributed by atoms with Crippen LogP contribution in [0.5, 0.6) is 0 Å². The molecule has 13 rings (SSSR count). The fourth-order valence-corrected chi connectivity index (χ4v) is 11.4. The summed E-state index contributed by atoms with van der Waals surface area (Å²) >= 11 is 0. The van der Waals surface area contributed by atoms with E-state index in [0.29, 0.717) is 0 Å². The smallest absolute Gasteiger partial charge is 0.0726 e. The third-order valence-corrected chi connectivity index (χ3v) is 14.2. The number of hydrogen-bond acceptors (Lipinski definition) is 2. The van der Waals surface area contributed by atoms with Crippen molar-refractivity contribution < 1.29 is 0 Å². The zero-order valence-electron chi connectivity index (χ0n) is 36.4. The van der Waals surface area contributed by atoms with Gasteiger partial charge in [-0.3, -0.25) is 0 Å². The highest BCUT2D eigenvalue weighted by atomic mass is 15.1. The Labute approximate surface area is 386 Å². The molecule has 10 aromatic carbocycles. The van der Waals surface area contributed by atoms with E-state index >= 15 is 0 Å². The summed E-state index contributed by atoms with van der Waals surface area (Å²) in [5, 5.41) is 4.85. The molecule has 2 aliphatic carbocycles. The summed E-state index contributed by atoms with van der Waals surface area (Å²) in [6.45, 7) is 5.26. The van der Waals surface area contributed by atoms with Gasteiger partial charge >= 0.3 is 0 Å². The molecule has 10 aromatic rings. The van der Waals surface area contributed by atoms with Crippen LogP contribution in [0.3, 0.4) is 0 Å². The minimum atomic E-state index is -0.432. The van der Waals surface area contributed by atoms with Crippen molar-refractivity contribution in [3.05, 3.63) is 277 Å². The van der Waals surface area contributed by atoms with Gasteiger partial charge in [0.25, 0.3) is 0 Å². The average molecular weight is 841 g/mol. The predicted octanol–water partition coefficient (Wildman–Crippen LogP) is 16.8. The second-order valence-corrected chi connectivity index (χ2v) is 17.6. The summed E-state index contributed by atoms with van der Waals surface area (Å²) in [6.07, 6.45) is 8.55. The third-order valence-electron chi connectivity index (χ3n) is 14.2. The zero-order chi connectivity index (χ0) is 43.8. The van der Waals surface area contributed by atoms with Gasteiger partial charge < -0.3 is 9.80 Å². The largest absolute Gasteiger partial charge is 0.337 e. The predicted molar refractivity (Wildman–Crippen MR) is 279 cm³/mol. The van der Waals surface area contributed by atoms with Crippen LogP contribution in [0.4, 0.5) is 28.4 Å². The van der Waals surface area contributed by atoms with Crippen LogP contribution in [-0.2, 0) is 5.41 Å². The fraction of sp³-hybridized carbons (Fsp3) is 0.0312. The van der Waals surface area contributed by atoms with Crippen molar-refractivity contribution in [3.63, 3.8) is 0 Å². The highest BCUT2D eigenvalue weighted by Gasteiger charge is 2.51. The molecule has 0 fully saturated rings. The van der Waals surface area contributed by atoms with Gasteiger partial charge in [0.2, 0.25) is 0 Å². The zero-order valence-corrected chi connectivity index (χ0v) is 36.4. The SMILES string of the molecule is C=C1/C=C\C=C/CN(c2ccc(-c3ccc(N(c4ccc5c(c4)C4(c6ccccc6-c6ccccc64)c4ccccc4-5)c4cccc5ccccc45)cc3)cc2)c2ccc3ccccc3c21. The van der Waals surface area contributed by atoms with E-state index in [9.17, 15) is 0 Å². The lowest BCUT2D eigenvalue weighted by Gasteiger charge is -2.32. The van der Waals surface area contributed by atoms with Crippen LogP contribution in [0.25, 0.3) is 60.5 Å². The van der Waals surface area contributed by atoms with Gasteiger partial charge in [0, 0.05) is 40.2 Å². The molecular weight excluding hydrogens is 797 g/mol. The molecule has 1 heterocycles. The molecule has 0 radical (unpaired) electrons. The highest BCUT2D eigenvalue weighted by molar-refractivity contribution is 6.03. The number of rotatable bonds is 5. The Kier molecular flexibility index (Phi) is 8.69.